The van der Waals surface area contributed by atoms with Gasteiger partial charge in [-0.2, -0.15) is 0 Å². The Bertz CT molecular complexity index is 552. The number of aryl methyl sites for hydroxylation is 1. The van der Waals surface area contributed by atoms with Gasteiger partial charge in [0.1, 0.15) is 5.75 Å². The van der Waals surface area contributed by atoms with Crippen molar-refractivity contribution in [2.45, 2.75) is 136 Å². The molecule has 3 nitrogen and oxygen atoms in total. The van der Waals surface area contributed by atoms with Crippen molar-refractivity contribution < 1.29 is 14.3 Å². The molecule has 0 N–H and O–H groups in total. The van der Waals surface area contributed by atoms with Crippen LogP contribution in [0.25, 0.3) is 0 Å². The Morgan fingerprint density at radius 2 is 1.06 bits per heavy atom. The molecule has 190 valence electrons. The van der Waals surface area contributed by atoms with E-state index in [-0.39, 0.29) is 5.97 Å². The van der Waals surface area contributed by atoms with Gasteiger partial charge in [0, 0.05) is 6.42 Å². The third-order valence-corrected chi connectivity index (χ3v) is 6.33. The van der Waals surface area contributed by atoms with E-state index in [9.17, 15) is 4.79 Å². The minimum Gasteiger partial charge on any atom is -0.494 e. The number of carbonyl (C=O) groups excluding carboxylic acids is 1. The molecule has 0 atom stereocenters. The van der Waals surface area contributed by atoms with Crippen molar-refractivity contribution in [3.05, 3.63) is 29.8 Å². The Morgan fingerprint density at radius 3 is 1.61 bits per heavy atom. The summed E-state index contributed by atoms with van der Waals surface area (Å²) in [5.41, 5.74) is 1.27. The van der Waals surface area contributed by atoms with Crippen LogP contribution in [0.3, 0.4) is 0 Å². The number of carbonyl (C=O) groups is 1. The number of unbranched alkanes of at least 4 members (excludes halogenated alkanes) is 16. The molecule has 0 heterocycles. The van der Waals surface area contributed by atoms with Crippen molar-refractivity contribution in [3.8, 4) is 5.75 Å². The maximum atomic E-state index is 11.8. The Kier molecular flexibility index (Phi) is 19.9. The molecule has 1 aromatic carbocycles. The highest BCUT2D eigenvalue weighted by Crippen LogP contribution is 2.14. The van der Waals surface area contributed by atoms with Gasteiger partial charge in [-0.3, -0.25) is 4.79 Å². The predicted octanol–water partition coefficient (Wildman–Crippen LogP) is 9.35. The maximum Gasteiger partial charge on any atom is 0.305 e. The first-order valence-corrected chi connectivity index (χ1v) is 14.1. The van der Waals surface area contributed by atoms with Gasteiger partial charge >= 0.3 is 5.97 Å². The van der Waals surface area contributed by atoms with Crippen molar-refractivity contribution in [1.82, 2.24) is 0 Å². The highest BCUT2D eigenvalue weighted by Gasteiger charge is 2.02. The van der Waals surface area contributed by atoms with Crippen molar-refractivity contribution in [2.24, 2.45) is 0 Å². The van der Waals surface area contributed by atoms with Gasteiger partial charge in [0.25, 0.3) is 0 Å². The molecular weight excluding hydrogens is 408 g/mol. The second kappa shape index (κ2) is 22.3. The van der Waals surface area contributed by atoms with Gasteiger partial charge < -0.3 is 9.47 Å². The van der Waals surface area contributed by atoms with E-state index in [0.717, 1.165) is 38.0 Å². The largest absolute Gasteiger partial charge is 0.494 e. The predicted molar refractivity (Wildman–Crippen MR) is 141 cm³/mol. The average molecular weight is 461 g/mol. The van der Waals surface area contributed by atoms with Crippen molar-refractivity contribution >= 4 is 5.97 Å². The number of rotatable bonds is 23. The van der Waals surface area contributed by atoms with Gasteiger partial charge in [-0.25, -0.2) is 0 Å². The summed E-state index contributed by atoms with van der Waals surface area (Å²) >= 11 is 0. The number of hydrogen-bond donors (Lipinski definition) is 0. The molecule has 0 fully saturated rings. The van der Waals surface area contributed by atoms with Gasteiger partial charge in [0.05, 0.1) is 13.2 Å². The zero-order valence-electron chi connectivity index (χ0n) is 21.9. The minimum atomic E-state index is -0.000462. The van der Waals surface area contributed by atoms with Crippen LogP contribution in [0.15, 0.2) is 24.3 Å². The van der Waals surface area contributed by atoms with Gasteiger partial charge in [0.15, 0.2) is 0 Å². The summed E-state index contributed by atoms with van der Waals surface area (Å²) < 4.78 is 11.2. The van der Waals surface area contributed by atoms with Gasteiger partial charge in [-0.15, -0.1) is 0 Å². The lowest BCUT2D eigenvalue weighted by Gasteiger charge is -2.07. The minimum absolute atomic E-state index is 0.000462. The topological polar surface area (TPSA) is 35.5 Å². The second-order valence-electron chi connectivity index (χ2n) is 9.64. The summed E-state index contributed by atoms with van der Waals surface area (Å²) in [6, 6.07) is 8.27. The van der Waals surface area contributed by atoms with Crippen molar-refractivity contribution in [2.75, 3.05) is 13.2 Å². The fraction of sp³-hybridized carbons (Fsp3) is 0.767. The molecule has 0 saturated heterocycles. The lowest BCUT2D eigenvalue weighted by molar-refractivity contribution is -0.143. The van der Waals surface area contributed by atoms with Crippen LogP contribution in [0.4, 0.5) is 0 Å². The van der Waals surface area contributed by atoms with Crippen molar-refractivity contribution in [1.29, 1.82) is 0 Å². The molecular formula is C30H52O3. The lowest BCUT2D eigenvalue weighted by Crippen LogP contribution is -2.05. The number of ether oxygens (including phenoxy) is 2. The molecule has 0 bridgehead atoms. The molecule has 0 aromatic heterocycles. The first kappa shape index (κ1) is 29.5. The van der Waals surface area contributed by atoms with E-state index in [1.165, 1.54) is 95.5 Å². The molecule has 0 aliphatic heterocycles. The Balaban J connectivity index is 1.75. The fourth-order valence-corrected chi connectivity index (χ4v) is 4.10. The molecule has 33 heavy (non-hydrogen) atoms. The second-order valence-corrected chi connectivity index (χ2v) is 9.64. The molecule has 0 unspecified atom stereocenters. The molecule has 1 rings (SSSR count). The monoisotopic (exact) mass is 460 g/mol. The van der Waals surface area contributed by atoms with E-state index >= 15 is 0 Å². The SMILES string of the molecule is CCCCCCCCCCCCOC(=O)CCCCCCCCCCOc1ccc(C)cc1. The Labute approximate surface area is 205 Å². The van der Waals surface area contributed by atoms with Crippen LogP contribution in [0.1, 0.15) is 134 Å². The number of benzene rings is 1. The molecule has 3 heteroatoms. The van der Waals surface area contributed by atoms with Gasteiger partial charge in [-0.1, -0.05) is 121 Å². The molecule has 0 aliphatic rings. The standard InChI is InChI=1S/C30H52O3/c1-3-4-5-6-7-8-10-14-17-20-27-33-30(31)21-18-15-12-9-11-13-16-19-26-32-29-24-22-28(2)23-25-29/h22-25H,3-21,26-27H2,1-2H3. The van der Waals surface area contributed by atoms with Crippen LogP contribution >= 0.6 is 0 Å². The summed E-state index contributed by atoms with van der Waals surface area (Å²) in [5.74, 6) is 0.974. The molecule has 0 spiro atoms. The van der Waals surface area contributed by atoms with E-state index in [4.69, 9.17) is 9.47 Å². The lowest BCUT2D eigenvalue weighted by atomic mass is 10.1. The molecule has 0 amide bonds. The summed E-state index contributed by atoms with van der Waals surface area (Å²) in [6.45, 7) is 5.78. The quantitative estimate of drug-likeness (QED) is 0.120. The summed E-state index contributed by atoms with van der Waals surface area (Å²) in [5, 5.41) is 0. The van der Waals surface area contributed by atoms with Gasteiger partial charge in [-0.05, 0) is 38.3 Å². The Hall–Kier alpha value is -1.51. The first-order valence-electron chi connectivity index (χ1n) is 14.1. The third-order valence-electron chi connectivity index (χ3n) is 6.33. The van der Waals surface area contributed by atoms with E-state index in [1.54, 1.807) is 0 Å². The van der Waals surface area contributed by atoms with E-state index in [1.807, 2.05) is 12.1 Å². The van der Waals surface area contributed by atoms with Gasteiger partial charge in [0.2, 0.25) is 0 Å². The average Bonchev–Trinajstić information content (AvgIpc) is 2.82. The van der Waals surface area contributed by atoms with E-state index in [2.05, 4.69) is 26.0 Å². The zero-order chi connectivity index (χ0) is 23.8. The number of hydrogen-bond acceptors (Lipinski definition) is 3. The zero-order valence-corrected chi connectivity index (χ0v) is 21.9. The fourth-order valence-electron chi connectivity index (χ4n) is 4.10. The van der Waals surface area contributed by atoms with Crippen molar-refractivity contribution in [3.63, 3.8) is 0 Å². The molecule has 0 aliphatic carbocycles. The van der Waals surface area contributed by atoms with E-state index < -0.39 is 0 Å². The maximum absolute atomic E-state index is 11.8. The third kappa shape index (κ3) is 19.6. The van der Waals surface area contributed by atoms with Crippen LogP contribution in [-0.4, -0.2) is 19.2 Å². The summed E-state index contributed by atoms with van der Waals surface area (Å²) in [4.78, 5) is 11.8. The molecule has 0 saturated carbocycles. The molecule has 1 aromatic rings. The van der Waals surface area contributed by atoms with Crippen LogP contribution in [0.5, 0.6) is 5.75 Å². The Morgan fingerprint density at radius 1 is 0.606 bits per heavy atom. The summed E-state index contributed by atoms with van der Waals surface area (Å²) in [6.07, 6.45) is 23.2. The van der Waals surface area contributed by atoms with Crippen LogP contribution < -0.4 is 4.74 Å². The van der Waals surface area contributed by atoms with Crippen LogP contribution in [0.2, 0.25) is 0 Å². The smallest absolute Gasteiger partial charge is 0.305 e. The highest BCUT2D eigenvalue weighted by atomic mass is 16.5. The molecule has 0 radical (unpaired) electrons. The van der Waals surface area contributed by atoms with E-state index in [0.29, 0.717) is 13.0 Å². The van der Waals surface area contributed by atoms with Crippen LogP contribution in [-0.2, 0) is 9.53 Å². The first-order chi connectivity index (χ1) is 16.2. The van der Waals surface area contributed by atoms with Crippen LogP contribution in [0, 0.1) is 6.92 Å². The highest BCUT2D eigenvalue weighted by molar-refractivity contribution is 5.69. The number of esters is 1. The normalized spacial score (nSPS) is 11.0. The summed E-state index contributed by atoms with van der Waals surface area (Å²) in [7, 11) is 0.